The lowest BCUT2D eigenvalue weighted by Gasteiger charge is -2.27. The van der Waals surface area contributed by atoms with E-state index in [1.807, 2.05) is 0 Å². The van der Waals surface area contributed by atoms with Gasteiger partial charge >= 0.3 is 0 Å². The van der Waals surface area contributed by atoms with Crippen LogP contribution in [0.5, 0.6) is 0 Å². The van der Waals surface area contributed by atoms with Gasteiger partial charge in [0.1, 0.15) is 0 Å². The largest absolute Gasteiger partial charge is 0.356 e. The Morgan fingerprint density at radius 3 is 2.68 bits per heavy atom. The van der Waals surface area contributed by atoms with Gasteiger partial charge in [0.15, 0.2) is 0 Å². The molecular weight excluding hydrogens is 357 g/mol. The normalized spacial score (nSPS) is 26.9. The standard InChI is InChI=1S/C19H25N3O.2ClH/c20-18-15-7-6-14(12-15)17(18)19(23)21-9-3-10-22-11-8-13-4-1-2-5-16(13)22;;/h1-2,4-5,8,11,14-15,17-18H,3,6-7,9-10,12,20H2,(H,21,23);2*1H. The highest BCUT2D eigenvalue weighted by molar-refractivity contribution is 5.85. The SMILES string of the molecule is Cl.Cl.NC1C2CCC(C2)C1C(=O)NCCCn1ccc2ccccc21. The Balaban J connectivity index is 0.00000113. The highest BCUT2D eigenvalue weighted by Gasteiger charge is 2.48. The molecule has 2 bridgehead atoms. The summed E-state index contributed by atoms with van der Waals surface area (Å²) in [4.78, 5) is 12.4. The van der Waals surface area contributed by atoms with E-state index in [4.69, 9.17) is 5.73 Å². The van der Waals surface area contributed by atoms with Crippen molar-refractivity contribution in [3.8, 4) is 0 Å². The third-order valence-electron chi connectivity index (χ3n) is 5.84. The van der Waals surface area contributed by atoms with Crippen LogP contribution in [0.3, 0.4) is 0 Å². The van der Waals surface area contributed by atoms with Crippen LogP contribution in [0.15, 0.2) is 36.5 Å². The third kappa shape index (κ3) is 3.81. The summed E-state index contributed by atoms with van der Waals surface area (Å²) in [5, 5.41) is 4.39. The van der Waals surface area contributed by atoms with Crippen LogP contribution in [-0.4, -0.2) is 23.1 Å². The van der Waals surface area contributed by atoms with E-state index in [9.17, 15) is 4.79 Å². The van der Waals surface area contributed by atoms with Gasteiger partial charge in [-0.2, -0.15) is 0 Å². The van der Waals surface area contributed by atoms with Gasteiger partial charge in [0.05, 0.1) is 5.92 Å². The summed E-state index contributed by atoms with van der Waals surface area (Å²) in [6, 6.07) is 10.6. The third-order valence-corrected chi connectivity index (χ3v) is 5.84. The molecule has 4 unspecified atom stereocenters. The predicted molar refractivity (Wildman–Crippen MR) is 106 cm³/mol. The van der Waals surface area contributed by atoms with Crippen molar-refractivity contribution in [1.82, 2.24) is 9.88 Å². The number of rotatable bonds is 5. The molecule has 0 spiro atoms. The number of fused-ring (bicyclic) bond motifs is 3. The molecule has 1 aromatic heterocycles. The number of halogens is 2. The van der Waals surface area contributed by atoms with Gasteiger partial charge in [0.2, 0.25) is 5.91 Å². The van der Waals surface area contributed by atoms with E-state index in [1.165, 1.54) is 23.7 Å². The Hall–Kier alpha value is -1.23. The fourth-order valence-electron chi connectivity index (χ4n) is 4.64. The van der Waals surface area contributed by atoms with Crippen molar-refractivity contribution in [2.75, 3.05) is 6.54 Å². The first kappa shape index (κ1) is 20.1. The molecular formula is C19H27Cl2N3O. The van der Waals surface area contributed by atoms with Crippen LogP contribution in [0.2, 0.25) is 0 Å². The molecule has 0 radical (unpaired) electrons. The Bertz CT molecular complexity index is 716. The summed E-state index contributed by atoms with van der Waals surface area (Å²) >= 11 is 0. The van der Waals surface area contributed by atoms with Crippen molar-refractivity contribution in [1.29, 1.82) is 0 Å². The van der Waals surface area contributed by atoms with Gasteiger partial charge in [-0.1, -0.05) is 18.2 Å². The molecule has 4 nitrogen and oxygen atoms in total. The Labute approximate surface area is 161 Å². The lowest BCUT2D eigenvalue weighted by molar-refractivity contribution is -0.127. The Morgan fingerprint density at radius 2 is 1.92 bits per heavy atom. The second-order valence-corrected chi connectivity index (χ2v) is 7.15. The number of amides is 1. The molecule has 4 atom stereocenters. The van der Waals surface area contributed by atoms with Crippen molar-refractivity contribution in [3.05, 3.63) is 36.5 Å². The molecule has 6 heteroatoms. The molecule has 2 aliphatic rings. The molecule has 1 aromatic carbocycles. The van der Waals surface area contributed by atoms with Crippen LogP contribution in [0, 0.1) is 17.8 Å². The summed E-state index contributed by atoms with van der Waals surface area (Å²) in [5.74, 6) is 1.36. The molecule has 0 saturated heterocycles. The fraction of sp³-hybridized carbons (Fsp3) is 0.526. The number of aryl methyl sites for hydroxylation is 1. The Morgan fingerprint density at radius 1 is 1.16 bits per heavy atom. The predicted octanol–water partition coefficient (Wildman–Crippen LogP) is 3.36. The van der Waals surface area contributed by atoms with E-state index in [-0.39, 0.29) is 42.7 Å². The van der Waals surface area contributed by atoms with E-state index in [2.05, 4.69) is 46.4 Å². The van der Waals surface area contributed by atoms with Crippen molar-refractivity contribution in [2.24, 2.45) is 23.5 Å². The minimum absolute atomic E-state index is 0. The lowest BCUT2D eigenvalue weighted by atomic mass is 9.84. The molecule has 3 N–H and O–H groups in total. The van der Waals surface area contributed by atoms with Crippen LogP contribution < -0.4 is 11.1 Å². The first-order valence-electron chi connectivity index (χ1n) is 8.81. The van der Waals surface area contributed by atoms with E-state index in [0.29, 0.717) is 11.8 Å². The highest BCUT2D eigenvalue weighted by atomic mass is 35.5. The first-order valence-corrected chi connectivity index (χ1v) is 8.81. The topological polar surface area (TPSA) is 60.1 Å². The fourth-order valence-corrected chi connectivity index (χ4v) is 4.64. The van der Waals surface area contributed by atoms with Crippen molar-refractivity contribution < 1.29 is 4.79 Å². The number of aromatic nitrogens is 1. The minimum atomic E-state index is 0. The molecule has 1 amide bonds. The number of carbonyl (C=O) groups excluding carboxylic acids is 1. The van der Waals surface area contributed by atoms with Gasteiger partial charge in [-0.25, -0.2) is 0 Å². The van der Waals surface area contributed by atoms with Crippen LogP contribution in [-0.2, 0) is 11.3 Å². The maximum absolute atomic E-state index is 12.4. The zero-order valence-corrected chi connectivity index (χ0v) is 15.9. The van der Waals surface area contributed by atoms with Gasteiger partial charge in [0.25, 0.3) is 0 Å². The summed E-state index contributed by atoms with van der Waals surface area (Å²) in [6.45, 7) is 1.66. The number of nitrogens with zero attached hydrogens (tertiary/aromatic N) is 1. The van der Waals surface area contributed by atoms with E-state index < -0.39 is 0 Å². The number of carbonyl (C=O) groups is 1. The van der Waals surface area contributed by atoms with Crippen LogP contribution in [0.25, 0.3) is 10.9 Å². The molecule has 4 rings (SSSR count). The highest BCUT2D eigenvalue weighted by Crippen LogP contribution is 2.47. The summed E-state index contributed by atoms with van der Waals surface area (Å²) in [7, 11) is 0. The van der Waals surface area contributed by atoms with Crippen LogP contribution in [0.4, 0.5) is 0 Å². The number of nitrogens with two attached hydrogens (primary N) is 1. The zero-order valence-electron chi connectivity index (χ0n) is 14.3. The van der Waals surface area contributed by atoms with Crippen molar-refractivity contribution in [2.45, 2.75) is 38.3 Å². The van der Waals surface area contributed by atoms with Gasteiger partial charge < -0.3 is 15.6 Å². The number of nitrogens with one attached hydrogen (secondary N) is 1. The maximum Gasteiger partial charge on any atom is 0.224 e. The first-order chi connectivity index (χ1) is 11.2. The molecule has 138 valence electrons. The second-order valence-electron chi connectivity index (χ2n) is 7.15. The smallest absolute Gasteiger partial charge is 0.224 e. The number of hydrogen-bond acceptors (Lipinski definition) is 2. The summed E-state index contributed by atoms with van der Waals surface area (Å²) < 4.78 is 2.25. The quantitative estimate of drug-likeness (QED) is 0.777. The number of benzene rings is 1. The lowest BCUT2D eigenvalue weighted by Crippen LogP contribution is -2.45. The zero-order chi connectivity index (χ0) is 15.8. The summed E-state index contributed by atoms with van der Waals surface area (Å²) in [5.41, 5.74) is 7.50. The van der Waals surface area contributed by atoms with Gasteiger partial charge in [-0.15, -0.1) is 24.8 Å². The van der Waals surface area contributed by atoms with Gasteiger partial charge in [-0.05, 0) is 55.0 Å². The van der Waals surface area contributed by atoms with Gasteiger partial charge in [0, 0.05) is 30.8 Å². The molecule has 1 heterocycles. The van der Waals surface area contributed by atoms with Crippen molar-refractivity contribution in [3.63, 3.8) is 0 Å². The molecule has 2 fully saturated rings. The minimum Gasteiger partial charge on any atom is -0.356 e. The second kappa shape index (κ2) is 8.43. The average Bonchev–Trinajstić information content (AvgIpc) is 3.26. The van der Waals surface area contributed by atoms with E-state index in [0.717, 1.165) is 25.9 Å². The Kier molecular flexibility index (Phi) is 6.78. The molecule has 2 aliphatic carbocycles. The summed E-state index contributed by atoms with van der Waals surface area (Å²) in [6.07, 6.45) is 6.63. The number of hydrogen-bond donors (Lipinski definition) is 2. The number of para-hydroxylation sites is 1. The molecule has 2 saturated carbocycles. The molecule has 25 heavy (non-hydrogen) atoms. The van der Waals surface area contributed by atoms with Crippen LogP contribution in [0.1, 0.15) is 25.7 Å². The van der Waals surface area contributed by atoms with Crippen molar-refractivity contribution >= 4 is 41.6 Å². The van der Waals surface area contributed by atoms with E-state index >= 15 is 0 Å². The molecule has 0 aliphatic heterocycles. The monoisotopic (exact) mass is 383 g/mol. The van der Waals surface area contributed by atoms with Gasteiger partial charge in [-0.3, -0.25) is 4.79 Å². The average molecular weight is 384 g/mol. The van der Waals surface area contributed by atoms with Crippen LogP contribution >= 0.6 is 24.8 Å². The maximum atomic E-state index is 12.4. The van der Waals surface area contributed by atoms with E-state index in [1.54, 1.807) is 0 Å². The molecule has 2 aromatic rings.